The summed E-state index contributed by atoms with van der Waals surface area (Å²) in [6, 6.07) is 26.1. The van der Waals surface area contributed by atoms with E-state index >= 15 is 0 Å². The van der Waals surface area contributed by atoms with Crippen LogP contribution in [0.3, 0.4) is 0 Å². The van der Waals surface area contributed by atoms with Gasteiger partial charge in [-0.15, -0.1) is 12.4 Å². The zero-order valence-corrected chi connectivity index (χ0v) is 19.4. The van der Waals surface area contributed by atoms with E-state index in [1.165, 1.54) is 41.9 Å². The number of ether oxygens (including phenoxy) is 2. The van der Waals surface area contributed by atoms with Crippen molar-refractivity contribution >= 4 is 23.8 Å². The molecule has 168 valence electrons. The van der Waals surface area contributed by atoms with Crippen molar-refractivity contribution < 1.29 is 9.47 Å². The zero-order valence-electron chi connectivity index (χ0n) is 18.6. The van der Waals surface area contributed by atoms with Gasteiger partial charge in [0.15, 0.2) is 0 Å². The number of rotatable bonds is 6. The summed E-state index contributed by atoms with van der Waals surface area (Å²) in [5.41, 5.74) is 5.07. The van der Waals surface area contributed by atoms with Crippen LogP contribution in [0.5, 0.6) is 11.5 Å². The van der Waals surface area contributed by atoms with Gasteiger partial charge in [-0.2, -0.15) is 0 Å². The third-order valence-electron chi connectivity index (χ3n) is 6.56. The highest BCUT2D eigenvalue weighted by Gasteiger charge is 2.29. The van der Waals surface area contributed by atoms with Gasteiger partial charge in [0.05, 0.1) is 12.8 Å². The monoisotopic (exact) mass is 450 g/mol. The molecule has 0 amide bonds. The van der Waals surface area contributed by atoms with Crippen molar-refractivity contribution in [1.29, 1.82) is 0 Å². The Bertz CT molecular complexity index is 977. The molecule has 2 aliphatic heterocycles. The van der Waals surface area contributed by atoms with E-state index in [0.29, 0.717) is 12.6 Å². The summed E-state index contributed by atoms with van der Waals surface area (Å²) in [6.45, 7) is 3.87. The second-order valence-corrected chi connectivity index (χ2v) is 8.43. The third kappa shape index (κ3) is 4.72. The Balaban J connectivity index is 0.00000245. The Kier molecular flexibility index (Phi) is 7.23. The molecule has 2 aliphatic rings. The molecule has 1 saturated heterocycles. The van der Waals surface area contributed by atoms with E-state index in [-0.39, 0.29) is 12.4 Å². The van der Waals surface area contributed by atoms with Gasteiger partial charge in [-0.1, -0.05) is 42.5 Å². The average Bonchev–Trinajstić information content (AvgIpc) is 3.21. The lowest BCUT2D eigenvalue weighted by Gasteiger charge is -2.32. The lowest BCUT2D eigenvalue weighted by atomic mass is 10.1. The van der Waals surface area contributed by atoms with E-state index in [2.05, 4.69) is 82.6 Å². The van der Waals surface area contributed by atoms with Crippen molar-refractivity contribution in [2.24, 2.45) is 0 Å². The van der Waals surface area contributed by atoms with Crippen molar-refractivity contribution in [3.63, 3.8) is 0 Å². The molecule has 0 radical (unpaired) electrons. The van der Waals surface area contributed by atoms with Crippen LogP contribution in [-0.4, -0.2) is 37.7 Å². The van der Waals surface area contributed by atoms with Gasteiger partial charge in [-0.05, 0) is 61.7 Å². The Labute approximate surface area is 197 Å². The fourth-order valence-corrected chi connectivity index (χ4v) is 4.85. The number of halogens is 1. The number of hydrogen-bond acceptors (Lipinski definition) is 4. The summed E-state index contributed by atoms with van der Waals surface area (Å²) in [5.74, 6) is 1.89. The lowest BCUT2D eigenvalue weighted by Crippen LogP contribution is -2.39. The smallest absolute Gasteiger partial charge is 0.143 e. The summed E-state index contributed by atoms with van der Waals surface area (Å²) in [4.78, 5) is 5.15. The Morgan fingerprint density at radius 2 is 1.69 bits per heavy atom. The van der Waals surface area contributed by atoms with Crippen molar-refractivity contribution in [1.82, 2.24) is 4.90 Å². The predicted octanol–water partition coefficient (Wildman–Crippen LogP) is 5.85. The highest BCUT2D eigenvalue weighted by Crippen LogP contribution is 2.40. The van der Waals surface area contributed by atoms with Gasteiger partial charge in [0.25, 0.3) is 0 Å². The van der Waals surface area contributed by atoms with Crippen LogP contribution < -0.4 is 14.4 Å². The molecule has 0 unspecified atom stereocenters. The summed E-state index contributed by atoms with van der Waals surface area (Å²) < 4.78 is 11.4. The van der Waals surface area contributed by atoms with Crippen LogP contribution in [-0.2, 0) is 13.0 Å². The van der Waals surface area contributed by atoms with Crippen molar-refractivity contribution in [3.8, 4) is 11.5 Å². The molecule has 0 saturated carbocycles. The maximum atomic E-state index is 6.16. The first-order valence-corrected chi connectivity index (χ1v) is 11.3. The zero-order chi connectivity index (χ0) is 21.0. The van der Waals surface area contributed by atoms with Gasteiger partial charge in [0.2, 0.25) is 0 Å². The highest BCUT2D eigenvalue weighted by atomic mass is 35.5. The van der Waals surface area contributed by atoms with Gasteiger partial charge in [-0.3, -0.25) is 4.90 Å². The van der Waals surface area contributed by atoms with Gasteiger partial charge < -0.3 is 14.4 Å². The minimum absolute atomic E-state index is 0. The SMILES string of the molecule is COc1ccc(CCN2CCC[C@@H]2CN2c3ccccc3COc3ccccc32)cc1.Cl. The minimum atomic E-state index is 0. The second-order valence-electron chi connectivity index (χ2n) is 8.43. The van der Waals surface area contributed by atoms with Crippen LogP contribution in [0, 0.1) is 0 Å². The van der Waals surface area contributed by atoms with Gasteiger partial charge in [0, 0.05) is 30.4 Å². The molecule has 1 fully saturated rings. The Morgan fingerprint density at radius 3 is 2.50 bits per heavy atom. The van der Waals surface area contributed by atoms with E-state index in [4.69, 9.17) is 9.47 Å². The predicted molar refractivity (Wildman–Crippen MR) is 133 cm³/mol. The maximum Gasteiger partial charge on any atom is 0.143 e. The van der Waals surface area contributed by atoms with E-state index in [0.717, 1.165) is 31.0 Å². The molecule has 4 nitrogen and oxygen atoms in total. The van der Waals surface area contributed by atoms with E-state index in [1.807, 2.05) is 0 Å². The van der Waals surface area contributed by atoms with Gasteiger partial charge in [0.1, 0.15) is 18.1 Å². The van der Waals surface area contributed by atoms with Crippen LogP contribution in [0.1, 0.15) is 24.0 Å². The number of benzene rings is 3. The van der Waals surface area contributed by atoms with Crippen LogP contribution in [0.25, 0.3) is 0 Å². The molecule has 2 heterocycles. The molecule has 5 heteroatoms. The molecule has 0 aromatic heterocycles. The first-order chi connectivity index (χ1) is 15.3. The Morgan fingerprint density at radius 1 is 0.938 bits per heavy atom. The Hall–Kier alpha value is -2.69. The number of anilines is 2. The molecule has 32 heavy (non-hydrogen) atoms. The molecule has 0 spiro atoms. The van der Waals surface area contributed by atoms with Crippen LogP contribution in [0.4, 0.5) is 11.4 Å². The lowest BCUT2D eigenvalue weighted by molar-refractivity contribution is 0.261. The number of fused-ring (bicyclic) bond motifs is 2. The molecular weight excluding hydrogens is 420 g/mol. The molecular formula is C27H31ClN2O2. The summed E-state index contributed by atoms with van der Waals surface area (Å²) in [6.07, 6.45) is 3.57. The van der Waals surface area contributed by atoms with E-state index in [9.17, 15) is 0 Å². The second kappa shape index (κ2) is 10.3. The van der Waals surface area contributed by atoms with Crippen LogP contribution in [0.15, 0.2) is 72.8 Å². The van der Waals surface area contributed by atoms with Crippen molar-refractivity contribution in [2.75, 3.05) is 31.6 Å². The summed E-state index contributed by atoms with van der Waals surface area (Å²) >= 11 is 0. The molecule has 1 atom stereocenters. The quantitative estimate of drug-likeness (QED) is 0.470. The number of nitrogens with zero attached hydrogens (tertiary/aromatic N) is 2. The number of methoxy groups -OCH3 is 1. The summed E-state index contributed by atoms with van der Waals surface area (Å²) in [7, 11) is 1.72. The fourth-order valence-electron chi connectivity index (χ4n) is 4.85. The molecule has 5 rings (SSSR count). The van der Waals surface area contributed by atoms with E-state index in [1.54, 1.807) is 7.11 Å². The number of hydrogen-bond donors (Lipinski definition) is 0. The molecule has 3 aromatic rings. The van der Waals surface area contributed by atoms with Gasteiger partial charge in [-0.25, -0.2) is 0 Å². The number of para-hydroxylation sites is 3. The van der Waals surface area contributed by atoms with Crippen molar-refractivity contribution in [3.05, 3.63) is 83.9 Å². The first kappa shape index (κ1) is 22.5. The highest BCUT2D eigenvalue weighted by molar-refractivity contribution is 5.85. The molecule has 3 aromatic carbocycles. The van der Waals surface area contributed by atoms with Crippen LogP contribution >= 0.6 is 12.4 Å². The van der Waals surface area contributed by atoms with Crippen LogP contribution in [0.2, 0.25) is 0 Å². The van der Waals surface area contributed by atoms with E-state index < -0.39 is 0 Å². The molecule has 0 aliphatic carbocycles. The van der Waals surface area contributed by atoms with Crippen molar-refractivity contribution in [2.45, 2.75) is 31.9 Å². The average molecular weight is 451 g/mol. The van der Waals surface area contributed by atoms with Gasteiger partial charge >= 0.3 is 0 Å². The topological polar surface area (TPSA) is 24.9 Å². The summed E-state index contributed by atoms with van der Waals surface area (Å²) in [5, 5.41) is 0. The third-order valence-corrected chi connectivity index (χ3v) is 6.56. The molecule has 0 bridgehead atoms. The maximum absolute atomic E-state index is 6.16. The standard InChI is InChI=1S/C27H30N2O2.ClH/c1-30-24-14-12-21(13-15-24)16-18-28-17-6-8-23(28)19-29-25-9-3-2-7-22(25)20-31-27-11-5-4-10-26(27)29;/h2-5,7,9-15,23H,6,8,16-20H2,1H3;1H/t23-;/m1./s1. The normalized spacial score (nSPS) is 17.5. The fraction of sp³-hybridized carbons (Fsp3) is 0.333. The first-order valence-electron chi connectivity index (χ1n) is 11.3. The number of likely N-dealkylation sites (tertiary alicyclic amines) is 1. The molecule has 0 N–H and O–H groups in total. The minimum Gasteiger partial charge on any atom is -0.497 e. The largest absolute Gasteiger partial charge is 0.497 e.